The molecule has 0 aliphatic heterocycles. The fraction of sp³-hybridized carbons (Fsp3) is 0.213. The average molecular weight is 755 g/mol. The van der Waals surface area contributed by atoms with Gasteiger partial charge < -0.3 is 37.9 Å². The Balaban J connectivity index is 1.45. The van der Waals surface area contributed by atoms with Crippen molar-refractivity contribution in [2.45, 2.75) is 38.6 Å². The smallest absolute Gasteiger partial charge is 0.204 e. The van der Waals surface area contributed by atoms with Gasteiger partial charge in [0.05, 0.1) is 14.2 Å². The number of rotatable bonds is 20. The van der Waals surface area contributed by atoms with Gasteiger partial charge in [-0.25, -0.2) is 0 Å². The number of ether oxygens (including phenoxy) is 8. The molecule has 0 aromatic heterocycles. The molecule has 1 atom stereocenters. The highest BCUT2D eigenvalue weighted by atomic mass is 16.7. The number of hydrogen-bond donors (Lipinski definition) is 0. The summed E-state index contributed by atoms with van der Waals surface area (Å²) in [4.78, 5) is 15.4. The van der Waals surface area contributed by atoms with Crippen LogP contribution in [0.3, 0.4) is 0 Å². The largest absolute Gasteiger partial charge is 0.496 e. The molecule has 6 aromatic carbocycles. The highest BCUT2D eigenvalue weighted by Gasteiger charge is 2.39. The van der Waals surface area contributed by atoms with Crippen molar-refractivity contribution < 1.29 is 42.7 Å². The summed E-state index contributed by atoms with van der Waals surface area (Å²) in [6.07, 6.45) is -1.05. The normalized spacial score (nSPS) is 11.4. The predicted molar refractivity (Wildman–Crippen MR) is 214 cm³/mol. The van der Waals surface area contributed by atoms with E-state index in [1.807, 2.05) is 127 Å². The van der Waals surface area contributed by atoms with Crippen molar-refractivity contribution in [3.63, 3.8) is 0 Å². The molecule has 0 amide bonds. The van der Waals surface area contributed by atoms with Crippen LogP contribution in [0, 0.1) is 0 Å². The Morgan fingerprint density at radius 2 is 0.929 bits per heavy atom. The first kappa shape index (κ1) is 39.4. The molecule has 56 heavy (non-hydrogen) atoms. The minimum absolute atomic E-state index is 0.120. The highest BCUT2D eigenvalue weighted by Crippen LogP contribution is 2.49. The lowest BCUT2D eigenvalue weighted by Gasteiger charge is -2.28. The fourth-order valence-corrected chi connectivity index (χ4v) is 6.29. The second kappa shape index (κ2) is 19.9. The molecule has 0 saturated carbocycles. The maximum absolute atomic E-state index is 15.4. The van der Waals surface area contributed by atoms with E-state index in [4.69, 9.17) is 37.9 Å². The molecule has 0 N–H and O–H groups in total. The third-order valence-electron chi connectivity index (χ3n) is 9.12. The van der Waals surface area contributed by atoms with E-state index in [0.717, 1.165) is 22.3 Å². The zero-order valence-electron chi connectivity index (χ0n) is 32.0. The maximum atomic E-state index is 15.4. The molecule has 288 valence electrons. The summed E-state index contributed by atoms with van der Waals surface area (Å²) in [7, 11) is 5.98. The Kier molecular flexibility index (Phi) is 14.0. The predicted octanol–water partition coefficient (Wildman–Crippen LogP) is 9.61. The Morgan fingerprint density at radius 1 is 0.464 bits per heavy atom. The SMILES string of the molecule is COc1cc(OCc2ccccc2)c(OC)c(OCc2ccccc2)c1C(=O)C(c1ccc(OCc2ccccc2)cc1OCc1ccccc1)C(OC)OC. The van der Waals surface area contributed by atoms with Crippen molar-refractivity contribution in [3.05, 3.63) is 179 Å². The molecular weight excluding hydrogens is 709 g/mol. The van der Waals surface area contributed by atoms with E-state index in [-0.39, 0.29) is 42.6 Å². The van der Waals surface area contributed by atoms with Gasteiger partial charge in [-0.1, -0.05) is 127 Å². The van der Waals surface area contributed by atoms with Gasteiger partial charge in [0.15, 0.2) is 23.6 Å². The van der Waals surface area contributed by atoms with Gasteiger partial charge in [0.25, 0.3) is 0 Å². The van der Waals surface area contributed by atoms with Crippen LogP contribution in [0.1, 0.15) is 44.1 Å². The van der Waals surface area contributed by atoms with E-state index in [2.05, 4.69) is 0 Å². The van der Waals surface area contributed by atoms with Crippen molar-refractivity contribution in [2.75, 3.05) is 28.4 Å². The molecule has 0 aliphatic rings. The minimum Gasteiger partial charge on any atom is -0.496 e. The third kappa shape index (κ3) is 9.87. The quantitative estimate of drug-likeness (QED) is 0.0558. The number of methoxy groups -OCH3 is 4. The molecule has 6 rings (SSSR count). The van der Waals surface area contributed by atoms with Gasteiger partial charge in [0, 0.05) is 31.9 Å². The van der Waals surface area contributed by atoms with Crippen LogP contribution in [0.4, 0.5) is 0 Å². The van der Waals surface area contributed by atoms with Crippen molar-refractivity contribution >= 4 is 5.78 Å². The Labute approximate surface area is 328 Å². The van der Waals surface area contributed by atoms with Gasteiger partial charge in [0.1, 0.15) is 55.2 Å². The van der Waals surface area contributed by atoms with E-state index in [1.165, 1.54) is 28.4 Å². The fourth-order valence-electron chi connectivity index (χ4n) is 6.29. The Morgan fingerprint density at radius 3 is 1.39 bits per heavy atom. The molecule has 1 unspecified atom stereocenters. The molecular formula is C47H46O9. The number of Topliss-reactive ketones (excluding diaryl/α,β-unsaturated/α-hetero) is 1. The first-order valence-corrected chi connectivity index (χ1v) is 18.2. The van der Waals surface area contributed by atoms with Gasteiger partial charge in [0.2, 0.25) is 5.75 Å². The summed E-state index contributed by atoms with van der Waals surface area (Å²) >= 11 is 0. The second-order valence-corrected chi connectivity index (χ2v) is 12.8. The molecule has 0 saturated heterocycles. The Hall–Kier alpha value is -6.29. The van der Waals surface area contributed by atoms with Gasteiger partial charge in [-0.2, -0.15) is 0 Å². The maximum Gasteiger partial charge on any atom is 0.204 e. The average Bonchev–Trinajstić information content (AvgIpc) is 3.26. The number of hydrogen-bond acceptors (Lipinski definition) is 9. The summed E-state index contributed by atoms with van der Waals surface area (Å²) < 4.78 is 49.2. The number of benzene rings is 6. The van der Waals surface area contributed by atoms with Crippen molar-refractivity contribution in [3.8, 4) is 34.5 Å². The first-order chi connectivity index (χ1) is 27.5. The zero-order chi connectivity index (χ0) is 39.1. The van der Waals surface area contributed by atoms with Crippen molar-refractivity contribution in [1.29, 1.82) is 0 Å². The first-order valence-electron chi connectivity index (χ1n) is 18.2. The topological polar surface area (TPSA) is 90.9 Å². The van der Waals surface area contributed by atoms with Crippen molar-refractivity contribution in [2.24, 2.45) is 0 Å². The van der Waals surface area contributed by atoms with E-state index >= 15 is 4.79 Å². The molecule has 6 aromatic rings. The van der Waals surface area contributed by atoms with E-state index in [9.17, 15) is 0 Å². The van der Waals surface area contributed by atoms with Gasteiger partial charge >= 0.3 is 0 Å². The number of ketones is 1. The van der Waals surface area contributed by atoms with Crippen LogP contribution in [0.2, 0.25) is 0 Å². The van der Waals surface area contributed by atoms with Crippen molar-refractivity contribution in [1.82, 2.24) is 0 Å². The molecule has 0 spiro atoms. The summed E-state index contributed by atoms with van der Waals surface area (Å²) in [5.74, 6) is 0.410. The highest BCUT2D eigenvalue weighted by molar-refractivity contribution is 6.07. The summed E-state index contributed by atoms with van der Waals surface area (Å²) in [6.45, 7) is 0.948. The van der Waals surface area contributed by atoms with Crippen LogP contribution < -0.4 is 28.4 Å². The van der Waals surface area contributed by atoms with Crippen LogP contribution in [-0.2, 0) is 35.9 Å². The molecule has 0 heterocycles. The summed E-state index contributed by atoms with van der Waals surface area (Å²) in [5, 5.41) is 0. The lowest BCUT2D eigenvalue weighted by atomic mass is 9.87. The third-order valence-corrected chi connectivity index (χ3v) is 9.12. The van der Waals surface area contributed by atoms with Crippen LogP contribution in [-0.4, -0.2) is 40.5 Å². The molecule has 0 bridgehead atoms. The van der Waals surface area contributed by atoms with Gasteiger partial charge in [-0.15, -0.1) is 0 Å². The van der Waals surface area contributed by atoms with Crippen LogP contribution >= 0.6 is 0 Å². The standard InChI is InChI=1S/C47H46O9/c1-49-40-28-41(55-31-35-21-13-7-14-22-35)45(50-2)46(56-32-36-23-15-8-16-24-36)43(40)44(48)42(47(51-3)52-4)38-26-25-37(53-29-33-17-9-5-10-18-33)27-39(38)54-30-34-19-11-6-12-20-34/h5-28,42,47H,29-32H2,1-4H3. The van der Waals surface area contributed by atoms with Crippen LogP contribution in [0.15, 0.2) is 146 Å². The van der Waals surface area contributed by atoms with Crippen LogP contribution in [0.25, 0.3) is 0 Å². The monoisotopic (exact) mass is 754 g/mol. The summed E-state index contributed by atoms with van der Waals surface area (Å²) in [6, 6.07) is 46.1. The molecule has 0 aliphatic carbocycles. The molecule has 0 radical (unpaired) electrons. The van der Waals surface area contributed by atoms with E-state index in [1.54, 1.807) is 18.2 Å². The summed E-state index contributed by atoms with van der Waals surface area (Å²) in [5.41, 5.74) is 4.41. The second-order valence-electron chi connectivity index (χ2n) is 12.8. The van der Waals surface area contributed by atoms with Gasteiger partial charge in [-0.05, 0) is 28.3 Å². The molecule has 9 heteroatoms. The minimum atomic E-state index is -1.08. The van der Waals surface area contributed by atoms with Crippen LogP contribution in [0.5, 0.6) is 34.5 Å². The molecule has 9 nitrogen and oxygen atoms in total. The lowest BCUT2D eigenvalue weighted by Crippen LogP contribution is -2.31. The number of carbonyl (C=O) groups excluding carboxylic acids is 1. The zero-order valence-corrected chi connectivity index (χ0v) is 32.0. The number of carbonyl (C=O) groups is 1. The Bertz CT molecular complexity index is 2120. The lowest BCUT2D eigenvalue weighted by molar-refractivity contribution is -0.110. The van der Waals surface area contributed by atoms with E-state index < -0.39 is 18.0 Å². The molecule has 0 fully saturated rings. The van der Waals surface area contributed by atoms with E-state index in [0.29, 0.717) is 29.4 Å². The van der Waals surface area contributed by atoms with Gasteiger partial charge in [-0.3, -0.25) is 4.79 Å².